The maximum Gasteiger partial charge on any atom is 0.338 e. The number of nitrogens with zero attached hydrogens (tertiary/aromatic N) is 1. The third kappa shape index (κ3) is 4.13. The van der Waals surface area contributed by atoms with Gasteiger partial charge in [-0.1, -0.05) is 6.92 Å². The first-order chi connectivity index (χ1) is 14.8. The number of ether oxygens (including phenoxy) is 1. The van der Waals surface area contributed by atoms with E-state index in [1.165, 1.54) is 41.3 Å². The molecule has 1 aliphatic carbocycles. The Morgan fingerprint density at radius 1 is 0.935 bits per heavy atom. The van der Waals surface area contributed by atoms with Crippen molar-refractivity contribution in [1.82, 2.24) is 0 Å². The zero-order valence-electron chi connectivity index (χ0n) is 17.0. The fourth-order valence-corrected chi connectivity index (χ4v) is 4.32. The van der Waals surface area contributed by atoms with Crippen molar-refractivity contribution >= 4 is 29.3 Å². The van der Waals surface area contributed by atoms with Crippen molar-refractivity contribution in [1.29, 1.82) is 0 Å². The number of anilines is 1. The summed E-state index contributed by atoms with van der Waals surface area (Å²) in [6.07, 6.45) is 2.38. The van der Waals surface area contributed by atoms with Crippen molar-refractivity contribution in [3.63, 3.8) is 0 Å². The third-order valence-corrected chi connectivity index (χ3v) is 6.05. The van der Waals surface area contributed by atoms with Crippen LogP contribution in [0.2, 0.25) is 0 Å². The largest absolute Gasteiger partial charge is 0.454 e. The summed E-state index contributed by atoms with van der Waals surface area (Å²) in [7, 11) is 0. The topological polar surface area (TPSA) is 80.8 Å². The van der Waals surface area contributed by atoms with Crippen LogP contribution in [0, 0.1) is 23.6 Å². The highest BCUT2D eigenvalue weighted by Gasteiger charge is 2.49. The Morgan fingerprint density at radius 2 is 1.55 bits per heavy atom. The molecule has 0 aromatic heterocycles. The molecule has 1 aliphatic heterocycles. The van der Waals surface area contributed by atoms with Crippen molar-refractivity contribution in [2.24, 2.45) is 17.8 Å². The van der Waals surface area contributed by atoms with Crippen LogP contribution in [0.25, 0.3) is 0 Å². The van der Waals surface area contributed by atoms with Crippen LogP contribution in [0.3, 0.4) is 0 Å². The van der Waals surface area contributed by atoms with Crippen LogP contribution in [0.4, 0.5) is 10.1 Å². The predicted molar refractivity (Wildman–Crippen MR) is 110 cm³/mol. The molecule has 2 amide bonds. The Labute approximate surface area is 179 Å². The highest BCUT2D eigenvalue weighted by molar-refractivity contribution is 6.22. The van der Waals surface area contributed by atoms with E-state index in [1.807, 2.05) is 0 Å². The molecule has 2 aromatic carbocycles. The summed E-state index contributed by atoms with van der Waals surface area (Å²) in [4.78, 5) is 51.1. The Hall–Kier alpha value is -3.35. The van der Waals surface area contributed by atoms with Crippen molar-refractivity contribution in [3.05, 3.63) is 65.5 Å². The standard InChI is InChI=1S/C24H22FNO5/c1-14-2-11-19-20(12-14)23(29)26(22(19)28)18-9-5-16(6-10-18)24(30)31-13-21(27)15-3-7-17(25)8-4-15/h3-10,14,19-20H,2,11-13H2,1H3/t14-,19-,20+/m1/s1. The summed E-state index contributed by atoms with van der Waals surface area (Å²) in [6.45, 7) is 1.62. The molecule has 31 heavy (non-hydrogen) atoms. The van der Waals surface area contributed by atoms with E-state index in [0.717, 1.165) is 31.4 Å². The first-order valence-electron chi connectivity index (χ1n) is 10.3. The normalized spacial score (nSPS) is 22.9. The van der Waals surface area contributed by atoms with Gasteiger partial charge in [-0.25, -0.2) is 9.18 Å². The van der Waals surface area contributed by atoms with E-state index in [0.29, 0.717) is 11.6 Å². The Morgan fingerprint density at radius 3 is 2.23 bits per heavy atom. The van der Waals surface area contributed by atoms with Crippen LogP contribution < -0.4 is 4.90 Å². The highest BCUT2D eigenvalue weighted by atomic mass is 19.1. The van der Waals surface area contributed by atoms with Crippen LogP contribution >= 0.6 is 0 Å². The first-order valence-corrected chi connectivity index (χ1v) is 10.3. The lowest BCUT2D eigenvalue weighted by molar-refractivity contribution is -0.122. The number of amides is 2. The van der Waals surface area contributed by atoms with Gasteiger partial charge in [0.1, 0.15) is 5.82 Å². The molecule has 0 N–H and O–H groups in total. The summed E-state index contributed by atoms with van der Waals surface area (Å²) in [5, 5.41) is 0. The molecule has 1 heterocycles. The van der Waals surface area contributed by atoms with E-state index in [2.05, 4.69) is 6.92 Å². The van der Waals surface area contributed by atoms with Crippen molar-refractivity contribution in [2.45, 2.75) is 26.2 Å². The molecule has 0 radical (unpaired) electrons. The minimum Gasteiger partial charge on any atom is -0.454 e. The van der Waals surface area contributed by atoms with Gasteiger partial charge in [-0.3, -0.25) is 19.3 Å². The van der Waals surface area contributed by atoms with Crippen LogP contribution in [0.5, 0.6) is 0 Å². The number of benzene rings is 2. The van der Waals surface area contributed by atoms with Gasteiger partial charge in [-0.05, 0) is 73.7 Å². The highest BCUT2D eigenvalue weighted by Crippen LogP contribution is 2.42. The summed E-state index contributed by atoms with van der Waals surface area (Å²) >= 11 is 0. The second-order valence-corrected chi connectivity index (χ2v) is 8.20. The number of Topliss-reactive ketones (excluding diaryl/α,β-unsaturated/α-hetero) is 1. The molecule has 0 unspecified atom stereocenters. The smallest absolute Gasteiger partial charge is 0.338 e. The second-order valence-electron chi connectivity index (χ2n) is 8.20. The number of hydrogen-bond acceptors (Lipinski definition) is 5. The maximum absolute atomic E-state index is 12.9. The molecule has 3 atom stereocenters. The molecular formula is C24H22FNO5. The number of esters is 1. The molecule has 0 spiro atoms. The monoisotopic (exact) mass is 423 g/mol. The van der Waals surface area contributed by atoms with E-state index >= 15 is 0 Å². The number of ketones is 1. The van der Waals surface area contributed by atoms with Crippen LogP contribution in [-0.4, -0.2) is 30.2 Å². The van der Waals surface area contributed by atoms with Crippen LogP contribution in [0.15, 0.2) is 48.5 Å². The SMILES string of the molecule is C[C@@H]1CC[C@H]2C(=O)N(c3ccc(C(=O)OCC(=O)c4ccc(F)cc4)cc3)C(=O)[C@H]2C1. The van der Waals surface area contributed by atoms with E-state index in [1.54, 1.807) is 0 Å². The fourth-order valence-electron chi connectivity index (χ4n) is 4.32. The van der Waals surface area contributed by atoms with Gasteiger partial charge in [-0.2, -0.15) is 0 Å². The number of halogens is 1. The first kappa shape index (κ1) is 20.9. The average Bonchev–Trinajstić information content (AvgIpc) is 3.02. The summed E-state index contributed by atoms with van der Waals surface area (Å²) in [6, 6.07) is 11.0. The van der Waals surface area contributed by atoms with Crippen molar-refractivity contribution in [2.75, 3.05) is 11.5 Å². The summed E-state index contributed by atoms with van der Waals surface area (Å²) in [5.41, 5.74) is 0.864. The van der Waals surface area contributed by atoms with E-state index in [9.17, 15) is 23.6 Å². The lowest BCUT2D eigenvalue weighted by atomic mass is 9.76. The summed E-state index contributed by atoms with van der Waals surface area (Å²) in [5.74, 6) is -2.07. The molecular weight excluding hydrogens is 401 g/mol. The lowest BCUT2D eigenvalue weighted by Gasteiger charge is -2.25. The number of carbonyl (C=O) groups is 4. The van der Waals surface area contributed by atoms with Crippen molar-refractivity contribution in [3.8, 4) is 0 Å². The number of fused-ring (bicyclic) bond motifs is 1. The number of imide groups is 1. The van der Waals surface area contributed by atoms with Gasteiger partial charge in [0.25, 0.3) is 0 Å². The quantitative estimate of drug-likeness (QED) is 0.415. The van der Waals surface area contributed by atoms with Crippen molar-refractivity contribution < 1.29 is 28.3 Å². The van der Waals surface area contributed by atoms with E-state index in [4.69, 9.17) is 4.74 Å². The van der Waals surface area contributed by atoms with E-state index < -0.39 is 24.2 Å². The zero-order valence-corrected chi connectivity index (χ0v) is 17.0. The Bertz CT molecular complexity index is 1030. The molecule has 160 valence electrons. The molecule has 2 fully saturated rings. The van der Waals surface area contributed by atoms with Gasteiger partial charge < -0.3 is 4.74 Å². The van der Waals surface area contributed by atoms with Gasteiger partial charge in [0.05, 0.1) is 23.1 Å². The van der Waals surface area contributed by atoms with Gasteiger partial charge >= 0.3 is 5.97 Å². The van der Waals surface area contributed by atoms with Gasteiger partial charge in [-0.15, -0.1) is 0 Å². The summed E-state index contributed by atoms with van der Waals surface area (Å²) < 4.78 is 18.0. The van der Waals surface area contributed by atoms with Gasteiger partial charge in [0.15, 0.2) is 12.4 Å². The average molecular weight is 423 g/mol. The lowest BCUT2D eigenvalue weighted by Crippen LogP contribution is -2.30. The Balaban J connectivity index is 1.40. The van der Waals surface area contributed by atoms with E-state index in [-0.39, 0.29) is 34.8 Å². The third-order valence-electron chi connectivity index (χ3n) is 6.05. The molecule has 1 saturated heterocycles. The minimum absolute atomic E-state index is 0.179. The van der Waals surface area contributed by atoms with Gasteiger partial charge in [0, 0.05) is 5.56 Å². The molecule has 2 aromatic rings. The van der Waals surface area contributed by atoms with Crippen LogP contribution in [-0.2, 0) is 14.3 Å². The zero-order chi connectivity index (χ0) is 22.1. The number of carbonyl (C=O) groups excluding carboxylic acids is 4. The molecule has 6 nitrogen and oxygen atoms in total. The molecule has 2 aliphatic rings. The predicted octanol–water partition coefficient (Wildman–Crippen LogP) is 3.79. The Kier molecular flexibility index (Phi) is 5.67. The fraction of sp³-hybridized carbons (Fsp3) is 0.333. The molecule has 1 saturated carbocycles. The second kappa shape index (κ2) is 8.41. The molecule has 0 bridgehead atoms. The molecule has 4 rings (SSSR count). The van der Waals surface area contributed by atoms with Gasteiger partial charge in [0.2, 0.25) is 11.8 Å². The number of hydrogen-bond donors (Lipinski definition) is 0. The number of rotatable bonds is 5. The van der Waals surface area contributed by atoms with Crippen LogP contribution in [0.1, 0.15) is 46.9 Å². The minimum atomic E-state index is -0.705. The maximum atomic E-state index is 12.9. The molecule has 7 heteroatoms.